The summed E-state index contributed by atoms with van der Waals surface area (Å²) in [6, 6.07) is 0. The van der Waals surface area contributed by atoms with Gasteiger partial charge in [0.05, 0.1) is 6.54 Å². The molecule has 0 aliphatic rings. The standard InChI is InChI=1S/C19H38N2O2/c1-14(2)16(22)12-21(9)11-10-20-17(23)19(7,8)13-18(5,6)15(3)4/h14-15H,10-13H2,1-9H3,(H,20,23). The first-order valence-corrected chi connectivity index (χ1v) is 8.79. The first kappa shape index (κ1) is 22.1. The highest BCUT2D eigenvalue weighted by molar-refractivity contribution is 5.82. The molecule has 0 unspecified atom stereocenters. The van der Waals surface area contributed by atoms with Crippen LogP contribution >= 0.6 is 0 Å². The fraction of sp³-hybridized carbons (Fsp3) is 0.895. The third-order valence-electron chi connectivity index (χ3n) is 4.92. The van der Waals surface area contributed by atoms with E-state index in [1.165, 1.54) is 0 Å². The van der Waals surface area contributed by atoms with Crippen LogP contribution in [0.4, 0.5) is 0 Å². The van der Waals surface area contributed by atoms with E-state index < -0.39 is 0 Å². The molecule has 0 aliphatic heterocycles. The minimum atomic E-state index is -0.389. The summed E-state index contributed by atoms with van der Waals surface area (Å²) in [5.74, 6) is 0.916. The zero-order chi connectivity index (χ0) is 18.4. The highest BCUT2D eigenvalue weighted by Gasteiger charge is 2.36. The van der Waals surface area contributed by atoms with Crippen molar-refractivity contribution in [1.29, 1.82) is 0 Å². The van der Waals surface area contributed by atoms with Gasteiger partial charge in [0.2, 0.25) is 5.91 Å². The van der Waals surface area contributed by atoms with E-state index in [0.29, 0.717) is 25.6 Å². The molecule has 0 bridgehead atoms. The molecule has 0 aromatic heterocycles. The summed E-state index contributed by atoms with van der Waals surface area (Å²) in [6.45, 7) is 18.4. The van der Waals surface area contributed by atoms with Crippen molar-refractivity contribution in [3.8, 4) is 0 Å². The highest BCUT2D eigenvalue weighted by atomic mass is 16.2. The Bertz CT molecular complexity index is 398. The average molecular weight is 327 g/mol. The molecule has 0 aliphatic carbocycles. The monoisotopic (exact) mass is 326 g/mol. The van der Waals surface area contributed by atoms with Crippen LogP contribution in [0.1, 0.15) is 61.8 Å². The molecule has 1 amide bonds. The number of rotatable bonds is 10. The van der Waals surface area contributed by atoms with E-state index in [9.17, 15) is 9.59 Å². The lowest BCUT2D eigenvalue weighted by Gasteiger charge is -2.37. The van der Waals surface area contributed by atoms with Crippen molar-refractivity contribution in [3.63, 3.8) is 0 Å². The van der Waals surface area contributed by atoms with Crippen LogP contribution in [0.25, 0.3) is 0 Å². The number of ketones is 1. The molecular formula is C19H38N2O2. The third kappa shape index (κ3) is 7.96. The van der Waals surface area contributed by atoms with Crippen molar-refractivity contribution in [2.75, 3.05) is 26.7 Å². The molecular weight excluding hydrogens is 288 g/mol. The van der Waals surface area contributed by atoms with Gasteiger partial charge in [-0.15, -0.1) is 0 Å². The lowest BCUT2D eigenvalue weighted by atomic mass is 9.69. The molecule has 0 aromatic rings. The van der Waals surface area contributed by atoms with E-state index in [0.717, 1.165) is 6.42 Å². The second kappa shape index (κ2) is 8.81. The largest absolute Gasteiger partial charge is 0.354 e. The lowest BCUT2D eigenvalue weighted by Crippen LogP contribution is -2.43. The zero-order valence-electron chi connectivity index (χ0n) is 16.7. The van der Waals surface area contributed by atoms with E-state index in [-0.39, 0.29) is 28.4 Å². The van der Waals surface area contributed by atoms with E-state index in [2.05, 4.69) is 33.0 Å². The summed E-state index contributed by atoms with van der Waals surface area (Å²) in [6.07, 6.45) is 0.852. The summed E-state index contributed by atoms with van der Waals surface area (Å²) >= 11 is 0. The van der Waals surface area contributed by atoms with Gasteiger partial charge in [0, 0.05) is 24.4 Å². The maximum atomic E-state index is 12.5. The van der Waals surface area contributed by atoms with Gasteiger partial charge in [-0.1, -0.05) is 55.4 Å². The molecule has 0 atom stereocenters. The second-order valence-electron chi connectivity index (χ2n) is 8.82. The van der Waals surface area contributed by atoms with Crippen LogP contribution < -0.4 is 5.32 Å². The van der Waals surface area contributed by atoms with Crippen molar-refractivity contribution in [2.24, 2.45) is 22.7 Å². The van der Waals surface area contributed by atoms with Crippen molar-refractivity contribution in [3.05, 3.63) is 0 Å². The van der Waals surface area contributed by atoms with E-state index in [1.807, 2.05) is 39.6 Å². The highest BCUT2D eigenvalue weighted by Crippen LogP contribution is 2.39. The molecule has 0 rings (SSSR count). The Morgan fingerprint density at radius 2 is 1.57 bits per heavy atom. The number of carbonyl (C=O) groups is 2. The quantitative estimate of drug-likeness (QED) is 0.670. The first-order valence-electron chi connectivity index (χ1n) is 8.79. The molecule has 0 fully saturated rings. The number of hydrogen-bond donors (Lipinski definition) is 1. The Morgan fingerprint density at radius 3 is 2.00 bits per heavy atom. The van der Waals surface area contributed by atoms with Crippen molar-refractivity contribution in [2.45, 2.75) is 61.8 Å². The summed E-state index contributed by atoms with van der Waals surface area (Å²) < 4.78 is 0. The Labute approximate surface area is 143 Å². The van der Waals surface area contributed by atoms with Crippen LogP contribution in [-0.2, 0) is 9.59 Å². The predicted octanol–water partition coefficient (Wildman–Crippen LogP) is 3.36. The molecule has 0 heterocycles. The van der Waals surface area contributed by atoms with Gasteiger partial charge in [0.25, 0.3) is 0 Å². The normalized spacial score (nSPS) is 13.0. The topological polar surface area (TPSA) is 49.4 Å². The number of amides is 1. The minimum Gasteiger partial charge on any atom is -0.354 e. The van der Waals surface area contributed by atoms with Gasteiger partial charge in [-0.2, -0.15) is 0 Å². The molecule has 1 N–H and O–H groups in total. The van der Waals surface area contributed by atoms with Crippen molar-refractivity contribution >= 4 is 11.7 Å². The maximum absolute atomic E-state index is 12.5. The second-order valence-corrected chi connectivity index (χ2v) is 8.82. The van der Waals surface area contributed by atoms with Crippen molar-refractivity contribution in [1.82, 2.24) is 10.2 Å². The van der Waals surface area contributed by atoms with Gasteiger partial charge >= 0.3 is 0 Å². The molecule has 0 aromatic carbocycles. The SMILES string of the molecule is CC(C)C(=O)CN(C)CCNC(=O)C(C)(C)CC(C)(C)C(C)C. The van der Waals surface area contributed by atoms with Gasteiger partial charge < -0.3 is 5.32 Å². The molecule has 0 spiro atoms. The van der Waals surface area contributed by atoms with Gasteiger partial charge in [-0.05, 0) is 24.8 Å². The fourth-order valence-corrected chi connectivity index (χ4v) is 2.55. The third-order valence-corrected chi connectivity index (χ3v) is 4.92. The Hall–Kier alpha value is -0.900. The van der Waals surface area contributed by atoms with E-state index >= 15 is 0 Å². The number of Topliss-reactive ketones (excluding diaryl/α,β-unsaturated/α-hetero) is 1. The fourth-order valence-electron chi connectivity index (χ4n) is 2.55. The predicted molar refractivity (Wildman–Crippen MR) is 97.4 cm³/mol. The van der Waals surface area contributed by atoms with Gasteiger partial charge in [-0.25, -0.2) is 0 Å². The van der Waals surface area contributed by atoms with Crippen LogP contribution in [0, 0.1) is 22.7 Å². The maximum Gasteiger partial charge on any atom is 0.225 e. The van der Waals surface area contributed by atoms with Gasteiger partial charge in [0.1, 0.15) is 5.78 Å². The Balaban J connectivity index is 4.35. The van der Waals surface area contributed by atoms with Crippen LogP contribution in [-0.4, -0.2) is 43.3 Å². The number of nitrogens with one attached hydrogen (secondary N) is 1. The zero-order valence-corrected chi connectivity index (χ0v) is 16.7. The molecule has 136 valence electrons. The Morgan fingerprint density at radius 1 is 1.04 bits per heavy atom. The minimum absolute atomic E-state index is 0.0595. The van der Waals surface area contributed by atoms with Crippen LogP contribution in [0.2, 0.25) is 0 Å². The van der Waals surface area contributed by atoms with Crippen LogP contribution in [0.3, 0.4) is 0 Å². The molecule has 4 nitrogen and oxygen atoms in total. The van der Waals surface area contributed by atoms with Crippen molar-refractivity contribution < 1.29 is 9.59 Å². The van der Waals surface area contributed by atoms with Crippen LogP contribution in [0.5, 0.6) is 0 Å². The summed E-state index contributed by atoms with van der Waals surface area (Å²) in [5, 5.41) is 3.03. The van der Waals surface area contributed by atoms with E-state index in [1.54, 1.807) is 0 Å². The number of hydrogen-bond acceptors (Lipinski definition) is 3. The molecule has 0 saturated carbocycles. The number of likely N-dealkylation sites (N-methyl/N-ethyl adjacent to an activating group) is 1. The summed E-state index contributed by atoms with van der Waals surface area (Å²) in [5.41, 5.74) is -0.262. The molecule has 4 heteroatoms. The summed E-state index contributed by atoms with van der Waals surface area (Å²) in [4.78, 5) is 26.1. The molecule has 0 radical (unpaired) electrons. The number of nitrogens with zero attached hydrogens (tertiary/aromatic N) is 1. The molecule has 23 heavy (non-hydrogen) atoms. The first-order chi connectivity index (χ1) is 10.3. The smallest absolute Gasteiger partial charge is 0.225 e. The van der Waals surface area contributed by atoms with Gasteiger partial charge in [-0.3, -0.25) is 14.5 Å². The summed E-state index contributed by atoms with van der Waals surface area (Å²) in [7, 11) is 1.92. The number of carbonyl (C=O) groups excluding carboxylic acids is 2. The van der Waals surface area contributed by atoms with E-state index in [4.69, 9.17) is 0 Å². The average Bonchev–Trinajstić information content (AvgIpc) is 2.36. The van der Waals surface area contributed by atoms with Gasteiger partial charge in [0.15, 0.2) is 0 Å². The molecule has 0 saturated heterocycles. The lowest BCUT2D eigenvalue weighted by molar-refractivity contribution is -0.131. The Kier molecular flexibility index (Phi) is 8.47. The van der Waals surface area contributed by atoms with Crippen LogP contribution in [0.15, 0.2) is 0 Å².